The van der Waals surface area contributed by atoms with Crippen LogP contribution in [0.2, 0.25) is 4.34 Å². The van der Waals surface area contributed by atoms with Crippen molar-refractivity contribution >= 4 is 22.9 Å². The summed E-state index contributed by atoms with van der Waals surface area (Å²) in [7, 11) is 0. The predicted molar refractivity (Wildman–Crippen MR) is 92.1 cm³/mol. The van der Waals surface area contributed by atoms with Gasteiger partial charge in [0.05, 0.1) is 4.34 Å². The summed E-state index contributed by atoms with van der Waals surface area (Å²) < 4.78 is 0.903. The van der Waals surface area contributed by atoms with Crippen LogP contribution in [0.1, 0.15) is 45.4 Å². The van der Waals surface area contributed by atoms with Gasteiger partial charge in [-0.25, -0.2) is 0 Å². The van der Waals surface area contributed by atoms with E-state index < -0.39 is 0 Å². The highest BCUT2D eigenvalue weighted by Gasteiger charge is 2.49. The summed E-state index contributed by atoms with van der Waals surface area (Å²) in [5.41, 5.74) is 0.606. The van der Waals surface area contributed by atoms with Gasteiger partial charge in [-0.2, -0.15) is 0 Å². The Bertz CT molecular complexity index is 503. The lowest BCUT2D eigenvalue weighted by molar-refractivity contribution is 0.00489. The zero-order valence-electron chi connectivity index (χ0n) is 13.6. The largest absolute Gasteiger partial charge is 0.310 e. The molecule has 21 heavy (non-hydrogen) atoms. The molecule has 0 amide bonds. The second kappa shape index (κ2) is 5.52. The highest BCUT2D eigenvalue weighted by atomic mass is 35.5. The minimum Gasteiger partial charge on any atom is -0.310 e. The molecule has 2 aliphatic rings. The molecule has 2 nitrogen and oxygen atoms in total. The van der Waals surface area contributed by atoms with Gasteiger partial charge in [-0.15, -0.1) is 11.3 Å². The van der Waals surface area contributed by atoms with Crippen LogP contribution >= 0.6 is 22.9 Å². The van der Waals surface area contributed by atoms with E-state index in [1.165, 1.54) is 17.7 Å². The number of hydrogen-bond acceptors (Lipinski definition) is 3. The summed E-state index contributed by atoms with van der Waals surface area (Å²) in [5, 5.41) is 3.83. The molecule has 2 unspecified atom stereocenters. The van der Waals surface area contributed by atoms with Crippen LogP contribution in [0.15, 0.2) is 12.1 Å². The van der Waals surface area contributed by atoms with E-state index in [9.17, 15) is 0 Å². The number of hydrogen-bond donors (Lipinski definition) is 1. The van der Waals surface area contributed by atoms with E-state index in [1.54, 1.807) is 11.3 Å². The summed E-state index contributed by atoms with van der Waals surface area (Å²) >= 11 is 7.84. The van der Waals surface area contributed by atoms with E-state index in [1.807, 2.05) is 6.07 Å². The first-order valence-electron chi connectivity index (χ1n) is 8.02. The molecule has 1 aliphatic heterocycles. The molecule has 0 bridgehead atoms. The van der Waals surface area contributed by atoms with Gasteiger partial charge >= 0.3 is 0 Å². The van der Waals surface area contributed by atoms with Crippen LogP contribution in [0.4, 0.5) is 0 Å². The lowest BCUT2D eigenvalue weighted by Crippen LogP contribution is -2.66. The Morgan fingerprint density at radius 2 is 2.10 bits per heavy atom. The van der Waals surface area contributed by atoms with E-state index in [4.69, 9.17) is 11.6 Å². The normalized spacial score (nSPS) is 31.6. The van der Waals surface area contributed by atoms with Gasteiger partial charge in [-0.1, -0.05) is 32.4 Å². The van der Waals surface area contributed by atoms with E-state index in [2.05, 4.69) is 44.0 Å². The molecule has 4 heteroatoms. The van der Waals surface area contributed by atoms with Crippen LogP contribution in [0.25, 0.3) is 0 Å². The summed E-state index contributed by atoms with van der Waals surface area (Å²) in [6, 6.07) is 4.77. The first-order valence-corrected chi connectivity index (χ1v) is 9.21. The van der Waals surface area contributed by atoms with Crippen molar-refractivity contribution in [1.29, 1.82) is 0 Å². The molecule has 2 fully saturated rings. The van der Waals surface area contributed by atoms with Crippen LogP contribution in [-0.2, 0) is 6.54 Å². The fourth-order valence-electron chi connectivity index (χ4n) is 3.49. The second-order valence-corrected chi connectivity index (χ2v) is 9.82. The molecule has 2 heterocycles. The Hall–Kier alpha value is -0.0900. The van der Waals surface area contributed by atoms with Crippen LogP contribution in [0, 0.1) is 11.3 Å². The van der Waals surface area contributed by atoms with Gasteiger partial charge in [-0.05, 0) is 43.2 Å². The fraction of sp³-hybridized carbons (Fsp3) is 0.765. The van der Waals surface area contributed by atoms with Gasteiger partial charge < -0.3 is 5.32 Å². The molecule has 1 N–H and O–H groups in total. The van der Waals surface area contributed by atoms with Crippen molar-refractivity contribution < 1.29 is 0 Å². The Morgan fingerprint density at radius 3 is 2.62 bits per heavy atom. The van der Waals surface area contributed by atoms with Gasteiger partial charge in [-0.3, -0.25) is 4.90 Å². The Labute approximate surface area is 137 Å². The summed E-state index contributed by atoms with van der Waals surface area (Å²) in [6.45, 7) is 12.7. The van der Waals surface area contributed by atoms with Gasteiger partial charge in [0.2, 0.25) is 0 Å². The van der Waals surface area contributed by atoms with Crippen molar-refractivity contribution in [3.63, 3.8) is 0 Å². The second-order valence-electron chi connectivity index (χ2n) is 8.02. The number of rotatable bonds is 3. The van der Waals surface area contributed by atoms with Gasteiger partial charge in [0, 0.05) is 36.1 Å². The molecule has 1 saturated carbocycles. The fourth-order valence-corrected chi connectivity index (χ4v) is 4.60. The Morgan fingerprint density at radius 1 is 1.38 bits per heavy atom. The van der Waals surface area contributed by atoms with E-state index in [0.717, 1.165) is 29.9 Å². The van der Waals surface area contributed by atoms with Crippen molar-refractivity contribution in [3.8, 4) is 0 Å². The van der Waals surface area contributed by atoms with Crippen LogP contribution in [-0.4, -0.2) is 29.6 Å². The molecular weight excluding hydrogens is 300 g/mol. The third-order valence-electron chi connectivity index (χ3n) is 5.31. The lowest BCUT2D eigenvalue weighted by atomic mass is 9.81. The quantitative estimate of drug-likeness (QED) is 0.886. The molecule has 0 spiro atoms. The average molecular weight is 327 g/mol. The number of piperazine rings is 1. The Kier molecular flexibility index (Phi) is 4.15. The Balaban J connectivity index is 1.79. The molecule has 0 radical (unpaired) electrons. The van der Waals surface area contributed by atoms with Crippen molar-refractivity contribution in [2.24, 2.45) is 11.3 Å². The standard InChI is InChI=1S/C17H27ClN2S/c1-16(2,3)14-10-20(9-13-7-8-15(18)21-13)17(4,11-19-14)12-5-6-12/h7-8,12,14,19H,5-6,9-11H2,1-4H3. The topological polar surface area (TPSA) is 15.3 Å². The maximum atomic E-state index is 6.11. The molecule has 118 valence electrons. The highest BCUT2D eigenvalue weighted by Crippen LogP contribution is 2.45. The molecule has 1 aromatic heterocycles. The molecule has 0 aromatic carbocycles. The van der Waals surface area contributed by atoms with Crippen molar-refractivity contribution in [2.45, 2.75) is 58.7 Å². The van der Waals surface area contributed by atoms with Crippen molar-refractivity contribution in [3.05, 3.63) is 21.3 Å². The van der Waals surface area contributed by atoms with Crippen molar-refractivity contribution in [1.82, 2.24) is 10.2 Å². The highest BCUT2D eigenvalue weighted by molar-refractivity contribution is 7.16. The zero-order valence-corrected chi connectivity index (χ0v) is 15.2. The minimum absolute atomic E-state index is 0.302. The summed E-state index contributed by atoms with van der Waals surface area (Å²) in [6.07, 6.45) is 2.78. The van der Waals surface area contributed by atoms with E-state index >= 15 is 0 Å². The van der Waals surface area contributed by atoms with Gasteiger partial charge in [0.25, 0.3) is 0 Å². The average Bonchev–Trinajstić information content (AvgIpc) is 3.16. The number of nitrogens with one attached hydrogen (secondary N) is 1. The van der Waals surface area contributed by atoms with E-state index in [-0.39, 0.29) is 0 Å². The number of nitrogens with zero attached hydrogens (tertiary/aromatic N) is 1. The zero-order chi connectivity index (χ0) is 15.3. The number of thiophene rings is 1. The first kappa shape index (κ1) is 15.8. The predicted octanol–water partition coefficient (Wildman–Crippen LogP) is 4.39. The van der Waals surface area contributed by atoms with Crippen LogP contribution in [0.3, 0.4) is 0 Å². The minimum atomic E-state index is 0.302. The summed E-state index contributed by atoms with van der Waals surface area (Å²) in [4.78, 5) is 4.11. The number of halogens is 1. The molecule has 1 saturated heterocycles. The SMILES string of the molecule is CC(C)(C)C1CN(Cc2ccc(Cl)s2)C(C)(C2CC2)CN1. The molecule has 2 atom stereocenters. The van der Waals surface area contributed by atoms with Gasteiger partial charge in [0.1, 0.15) is 0 Å². The monoisotopic (exact) mass is 326 g/mol. The van der Waals surface area contributed by atoms with E-state index in [0.29, 0.717) is 17.0 Å². The molecular formula is C17H27ClN2S. The maximum Gasteiger partial charge on any atom is 0.0931 e. The lowest BCUT2D eigenvalue weighted by Gasteiger charge is -2.51. The first-order chi connectivity index (χ1) is 9.79. The van der Waals surface area contributed by atoms with Crippen LogP contribution < -0.4 is 5.32 Å². The molecule has 3 rings (SSSR count). The van der Waals surface area contributed by atoms with Crippen molar-refractivity contribution in [2.75, 3.05) is 13.1 Å². The van der Waals surface area contributed by atoms with Gasteiger partial charge in [0.15, 0.2) is 0 Å². The molecule has 1 aromatic rings. The van der Waals surface area contributed by atoms with Crippen LogP contribution in [0.5, 0.6) is 0 Å². The smallest absolute Gasteiger partial charge is 0.0931 e. The summed E-state index contributed by atoms with van der Waals surface area (Å²) in [5.74, 6) is 0.862. The maximum absolute atomic E-state index is 6.11. The molecule has 1 aliphatic carbocycles. The third-order valence-corrected chi connectivity index (χ3v) is 6.53. The third kappa shape index (κ3) is 3.31.